The van der Waals surface area contributed by atoms with Gasteiger partial charge in [-0.15, -0.1) is 0 Å². The highest BCUT2D eigenvalue weighted by molar-refractivity contribution is 6.33. The normalized spacial score (nSPS) is 12.2. The zero-order valence-corrected chi connectivity index (χ0v) is 40.6. The number of unbranched alkanes of at least 4 members (excludes halogenated alkanes) is 18. The molecule has 0 spiro atoms. The molecular formula is C54H84N4O8. The molecule has 2 aromatic rings. The third kappa shape index (κ3) is 22.2. The maximum atomic E-state index is 13.9. The molecule has 0 saturated heterocycles. The predicted octanol–water partition coefficient (Wildman–Crippen LogP) is 11.5. The molecule has 0 saturated carbocycles. The monoisotopic (exact) mass is 917 g/mol. The summed E-state index contributed by atoms with van der Waals surface area (Å²) in [5.74, 6) is -2.29. The van der Waals surface area contributed by atoms with Gasteiger partial charge < -0.3 is 41.0 Å². The van der Waals surface area contributed by atoms with Crippen LogP contribution in [0.1, 0.15) is 200 Å². The summed E-state index contributed by atoms with van der Waals surface area (Å²) >= 11 is 0. The molecule has 66 heavy (non-hydrogen) atoms. The Morgan fingerprint density at radius 2 is 0.803 bits per heavy atom. The Hall–Kier alpha value is -4.68. The maximum absolute atomic E-state index is 13.9. The third-order valence-corrected chi connectivity index (χ3v) is 11.9. The second-order valence-corrected chi connectivity index (χ2v) is 17.5. The smallest absolute Gasteiger partial charge is 0.305 e. The van der Waals surface area contributed by atoms with Gasteiger partial charge >= 0.3 is 11.9 Å². The zero-order chi connectivity index (χ0) is 47.5. The second-order valence-electron chi connectivity index (χ2n) is 17.5. The number of phenols is 2. The van der Waals surface area contributed by atoms with Crippen molar-refractivity contribution in [2.24, 2.45) is 0 Å². The van der Waals surface area contributed by atoms with E-state index in [4.69, 9.17) is 9.47 Å². The van der Waals surface area contributed by atoms with Crippen molar-refractivity contribution < 1.29 is 38.9 Å². The summed E-state index contributed by atoms with van der Waals surface area (Å²) in [5.41, 5.74) is 0.594. The van der Waals surface area contributed by atoms with Crippen molar-refractivity contribution in [3.63, 3.8) is 0 Å². The first kappa shape index (κ1) is 55.6. The van der Waals surface area contributed by atoms with Crippen molar-refractivity contribution in [2.75, 3.05) is 63.1 Å². The average Bonchev–Trinajstić information content (AvgIpc) is 3.31. The lowest BCUT2D eigenvalue weighted by molar-refractivity contribution is -0.144. The number of phenolic OH excluding ortho intramolecular Hbond substituents is 2. The Labute approximate surface area is 396 Å². The van der Waals surface area contributed by atoms with Gasteiger partial charge in [0.2, 0.25) is 11.6 Å². The highest BCUT2D eigenvalue weighted by Crippen LogP contribution is 2.42. The number of allylic oxidation sites excluding steroid dienone is 4. The molecule has 1 aliphatic rings. The van der Waals surface area contributed by atoms with Crippen LogP contribution in [0.4, 0.5) is 11.4 Å². The lowest BCUT2D eigenvalue weighted by atomic mass is 9.81. The van der Waals surface area contributed by atoms with E-state index in [-0.39, 0.29) is 58.9 Å². The number of carbonyl (C=O) groups is 4. The van der Waals surface area contributed by atoms with E-state index in [1.54, 1.807) is 12.1 Å². The first-order valence-electron chi connectivity index (χ1n) is 25.6. The van der Waals surface area contributed by atoms with Gasteiger partial charge in [0.1, 0.15) is 24.7 Å². The van der Waals surface area contributed by atoms with Gasteiger partial charge in [-0.05, 0) is 88.5 Å². The van der Waals surface area contributed by atoms with Crippen molar-refractivity contribution in [3.8, 4) is 11.5 Å². The predicted molar refractivity (Wildman–Crippen MR) is 268 cm³/mol. The molecule has 0 aliphatic heterocycles. The summed E-state index contributed by atoms with van der Waals surface area (Å²) < 4.78 is 10.8. The van der Waals surface area contributed by atoms with Gasteiger partial charge in [0.05, 0.1) is 22.3 Å². The Balaban J connectivity index is 1.32. The summed E-state index contributed by atoms with van der Waals surface area (Å²) in [5, 5.41) is 34.2. The van der Waals surface area contributed by atoms with Crippen LogP contribution in [0, 0.1) is 0 Å². The van der Waals surface area contributed by atoms with Crippen molar-refractivity contribution >= 4 is 34.9 Å². The molecule has 2 aromatic carbocycles. The van der Waals surface area contributed by atoms with E-state index in [1.165, 1.54) is 102 Å². The summed E-state index contributed by atoms with van der Waals surface area (Å²) in [4.78, 5) is 52.3. The fourth-order valence-corrected chi connectivity index (χ4v) is 8.07. The van der Waals surface area contributed by atoms with Crippen molar-refractivity contribution in [3.05, 3.63) is 70.8 Å². The molecule has 0 amide bonds. The number of carbonyl (C=O) groups excluding carboxylic acids is 4. The molecule has 3 rings (SSSR count). The number of anilines is 2. The van der Waals surface area contributed by atoms with E-state index >= 15 is 0 Å². The minimum atomic E-state index is -0.573. The molecule has 0 unspecified atom stereocenters. The van der Waals surface area contributed by atoms with E-state index < -0.39 is 11.6 Å². The number of hydrogen-bond acceptors (Lipinski definition) is 12. The number of aromatic hydroxyl groups is 2. The minimum Gasteiger partial charge on any atom is -0.507 e. The second kappa shape index (κ2) is 35.5. The lowest BCUT2D eigenvalue weighted by Gasteiger charge is -2.25. The van der Waals surface area contributed by atoms with Gasteiger partial charge in [-0.3, -0.25) is 19.2 Å². The average molecular weight is 917 g/mol. The van der Waals surface area contributed by atoms with Gasteiger partial charge in [0, 0.05) is 63.5 Å². The first-order chi connectivity index (χ1) is 32.3. The minimum absolute atomic E-state index is 0.109. The first-order valence-corrected chi connectivity index (χ1v) is 25.6. The summed E-state index contributed by atoms with van der Waals surface area (Å²) in [7, 11) is 0. The maximum Gasteiger partial charge on any atom is 0.305 e. The topological polar surface area (TPSA) is 175 Å². The molecule has 0 atom stereocenters. The van der Waals surface area contributed by atoms with E-state index in [0.717, 1.165) is 51.4 Å². The van der Waals surface area contributed by atoms with E-state index in [0.29, 0.717) is 63.5 Å². The SMILES string of the molecule is CCCCCC/C=C\CCCCCCCC(=O)OCCNCCNc1ccc(NCCNCCOC(=O)CCCCCCC/C=C\CCCCCC)c2c1C(=O)c1c(O)ccc(O)c1C2=O. The van der Waals surface area contributed by atoms with Gasteiger partial charge in [0.15, 0.2) is 0 Å². The quantitative estimate of drug-likeness (QED) is 0.0138. The molecule has 0 bridgehead atoms. The van der Waals surface area contributed by atoms with Crippen LogP contribution in [-0.4, -0.2) is 86.2 Å². The Morgan fingerprint density at radius 1 is 0.455 bits per heavy atom. The number of hydrogen-bond donors (Lipinski definition) is 6. The van der Waals surface area contributed by atoms with Gasteiger partial charge in [-0.1, -0.05) is 115 Å². The van der Waals surface area contributed by atoms with Crippen LogP contribution in [0.5, 0.6) is 11.5 Å². The van der Waals surface area contributed by atoms with Crippen LogP contribution in [0.15, 0.2) is 48.6 Å². The van der Waals surface area contributed by atoms with Gasteiger partial charge in [0.25, 0.3) is 0 Å². The number of ketones is 2. The van der Waals surface area contributed by atoms with E-state index in [9.17, 15) is 29.4 Å². The molecule has 12 nitrogen and oxygen atoms in total. The largest absolute Gasteiger partial charge is 0.507 e. The number of benzene rings is 2. The molecule has 0 radical (unpaired) electrons. The number of nitrogens with one attached hydrogen (secondary N) is 4. The Kier molecular flexibility index (Phi) is 29.9. The van der Waals surface area contributed by atoms with Crippen LogP contribution >= 0.6 is 0 Å². The highest BCUT2D eigenvalue weighted by atomic mass is 16.5. The van der Waals surface area contributed by atoms with Crippen LogP contribution in [0.2, 0.25) is 0 Å². The molecular weight excluding hydrogens is 833 g/mol. The van der Waals surface area contributed by atoms with Gasteiger partial charge in [-0.25, -0.2) is 0 Å². The number of ether oxygens (including phenoxy) is 2. The molecule has 12 heteroatoms. The van der Waals surface area contributed by atoms with E-state index in [2.05, 4.69) is 59.4 Å². The van der Waals surface area contributed by atoms with Crippen molar-refractivity contribution in [1.29, 1.82) is 0 Å². The number of fused-ring (bicyclic) bond motifs is 2. The van der Waals surface area contributed by atoms with E-state index in [1.807, 2.05) is 0 Å². The summed E-state index contributed by atoms with van der Waals surface area (Å²) in [6.07, 6.45) is 35.9. The molecule has 368 valence electrons. The Bertz CT molecular complexity index is 1650. The molecule has 0 heterocycles. The third-order valence-electron chi connectivity index (χ3n) is 11.9. The lowest BCUT2D eigenvalue weighted by Crippen LogP contribution is -2.29. The van der Waals surface area contributed by atoms with Crippen molar-refractivity contribution in [2.45, 2.75) is 168 Å². The van der Waals surface area contributed by atoms with Crippen LogP contribution < -0.4 is 21.3 Å². The van der Waals surface area contributed by atoms with Crippen molar-refractivity contribution in [1.82, 2.24) is 10.6 Å². The fraction of sp³-hybridized carbons (Fsp3) is 0.630. The Morgan fingerprint density at radius 3 is 1.18 bits per heavy atom. The fourth-order valence-electron chi connectivity index (χ4n) is 8.07. The zero-order valence-electron chi connectivity index (χ0n) is 40.6. The standard InChI is InChI=1S/C54H84N4O8/c1-3-5-7-9-11-13-15-17-19-21-23-25-27-29-47(61)65-41-39-55-35-37-57-43-31-32-44(50-49(43)53(63)51-45(59)33-34-46(60)52(51)54(50)64)58-38-36-56-40-42-66-48(62)30-28-26-24-22-20-18-16-14-12-10-8-6-4-2/h13-16,31-34,55-60H,3-12,17-30,35-42H2,1-2H3/b15-13-,16-14-. The number of rotatable bonds is 40. The van der Waals surface area contributed by atoms with Crippen LogP contribution in [0.3, 0.4) is 0 Å². The number of esters is 2. The summed E-state index contributed by atoms with van der Waals surface area (Å²) in [6, 6.07) is 5.84. The molecule has 6 N–H and O–H groups in total. The highest BCUT2D eigenvalue weighted by Gasteiger charge is 2.38. The molecule has 1 aliphatic carbocycles. The van der Waals surface area contributed by atoms with Gasteiger partial charge in [-0.2, -0.15) is 0 Å². The summed E-state index contributed by atoms with van der Waals surface area (Å²) in [6.45, 7) is 7.68. The van der Waals surface area contributed by atoms with Crippen LogP contribution in [0.25, 0.3) is 0 Å². The molecule has 0 aromatic heterocycles. The molecule has 0 fully saturated rings. The van der Waals surface area contributed by atoms with Crippen LogP contribution in [-0.2, 0) is 19.1 Å².